The summed E-state index contributed by atoms with van der Waals surface area (Å²) in [6.07, 6.45) is 4.97. The Bertz CT molecular complexity index is 417. The van der Waals surface area contributed by atoms with Gasteiger partial charge in [-0.05, 0) is 24.1 Å². The van der Waals surface area contributed by atoms with Gasteiger partial charge in [0.05, 0.1) is 0 Å². The Morgan fingerprint density at radius 3 is 2.60 bits per heavy atom. The maximum absolute atomic E-state index is 6.43. The van der Waals surface area contributed by atoms with Gasteiger partial charge in [-0.15, -0.1) is 0 Å². The van der Waals surface area contributed by atoms with Crippen LogP contribution >= 0.6 is 23.2 Å². The molecule has 0 saturated carbocycles. The monoisotopic (exact) mass is 314 g/mol. The van der Waals surface area contributed by atoms with Gasteiger partial charge in [0.25, 0.3) is 0 Å². The van der Waals surface area contributed by atoms with E-state index in [-0.39, 0.29) is 0 Å². The first kappa shape index (κ1) is 16.1. The van der Waals surface area contributed by atoms with Gasteiger partial charge in [-0.25, -0.2) is 0 Å². The number of hydrogen-bond donors (Lipinski definition) is 1. The molecule has 0 radical (unpaired) electrons. The molecule has 1 aliphatic heterocycles. The quantitative estimate of drug-likeness (QED) is 0.777. The predicted octanol–water partition coefficient (Wildman–Crippen LogP) is 4.52. The molecule has 1 saturated heterocycles. The molecule has 1 fully saturated rings. The van der Waals surface area contributed by atoms with Gasteiger partial charge < -0.3 is 5.32 Å². The molecule has 1 atom stereocenters. The number of halogens is 2. The van der Waals surface area contributed by atoms with Crippen LogP contribution < -0.4 is 5.32 Å². The van der Waals surface area contributed by atoms with Gasteiger partial charge in [0.2, 0.25) is 0 Å². The molecule has 1 heterocycles. The Kier molecular flexibility index (Phi) is 6.63. The average Bonchev–Trinajstić information content (AvgIpc) is 2.46. The summed E-state index contributed by atoms with van der Waals surface area (Å²) >= 11 is 12.5. The normalized spacial score (nSPS) is 18.1. The van der Waals surface area contributed by atoms with Crippen LogP contribution in [-0.2, 0) is 0 Å². The third-order valence-corrected chi connectivity index (χ3v) is 4.56. The van der Waals surface area contributed by atoms with E-state index in [1.165, 1.54) is 31.2 Å². The van der Waals surface area contributed by atoms with E-state index in [0.717, 1.165) is 31.2 Å². The molecule has 2 rings (SSSR count). The van der Waals surface area contributed by atoms with Crippen LogP contribution in [0, 0.1) is 0 Å². The van der Waals surface area contributed by atoms with Crippen LogP contribution in [0.15, 0.2) is 18.2 Å². The molecule has 0 aromatic heterocycles. The number of nitrogens with one attached hydrogen (secondary N) is 1. The Balaban J connectivity index is 2.15. The molecule has 1 N–H and O–H groups in total. The molecular formula is C16H24Cl2N2. The second-order valence-corrected chi connectivity index (χ2v) is 6.31. The van der Waals surface area contributed by atoms with Crippen molar-refractivity contribution in [3.8, 4) is 0 Å². The maximum Gasteiger partial charge on any atom is 0.0468 e. The smallest absolute Gasteiger partial charge is 0.0468 e. The average molecular weight is 315 g/mol. The minimum Gasteiger partial charge on any atom is -0.314 e. The fourth-order valence-electron chi connectivity index (χ4n) is 2.89. The number of benzene rings is 1. The summed E-state index contributed by atoms with van der Waals surface area (Å²) in [5.74, 6) is 0. The van der Waals surface area contributed by atoms with E-state index < -0.39 is 0 Å². The molecule has 1 aliphatic rings. The summed E-state index contributed by atoms with van der Waals surface area (Å²) in [7, 11) is 0. The third kappa shape index (κ3) is 4.36. The van der Waals surface area contributed by atoms with Gasteiger partial charge in [-0.2, -0.15) is 0 Å². The van der Waals surface area contributed by atoms with Gasteiger partial charge in [-0.3, -0.25) is 4.90 Å². The van der Waals surface area contributed by atoms with Crippen molar-refractivity contribution in [2.24, 2.45) is 0 Å². The topological polar surface area (TPSA) is 15.3 Å². The first-order chi connectivity index (χ1) is 9.72. The zero-order chi connectivity index (χ0) is 14.4. The lowest BCUT2D eigenvalue weighted by Crippen LogP contribution is -2.45. The van der Waals surface area contributed by atoms with Crippen LogP contribution in [0.4, 0.5) is 0 Å². The molecule has 0 unspecified atom stereocenters. The van der Waals surface area contributed by atoms with Crippen molar-refractivity contribution >= 4 is 23.2 Å². The van der Waals surface area contributed by atoms with E-state index >= 15 is 0 Å². The maximum atomic E-state index is 6.43. The molecule has 1 aromatic rings. The molecule has 0 aliphatic carbocycles. The standard InChI is InChI=1S/C16H24Cl2N2/c1-2-3-4-5-16(20-10-8-19-9-11-20)14-7-6-13(17)12-15(14)18/h6-7,12,16,19H,2-5,8-11H2,1H3/t16-/m0/s1. The Hall–Kier alpha value is -0.280. The van der Waals surface area contributed by atoms with Crippen LogP contribution in [0.1, 0.15) is 44.2 Å². The summed E-state index contributed by atoms with van der Waals surface area (Å²) in [5.41, 5.74) is 1.23. The van der Waals surface area contributed by atoms with Crippen LogP contribution in [-0.4, -0.2) is 31.1 Å². The van der Waals surface area contributed by atoms with Gasteiger partial charge in [0, 0.05) is 42.3 Å². The molecule has 1 aromatic carbocycles. The lowest BCUT2D eigenvalue weighted by atomic mass is 9.98. The third-order valence-electron chi connectivity index (χ3n) is 3.99. The molecule has 112 valence electrons. The summed E-state index contributed by atoms with van der Waals surface area (Å²) in [6, 6.07) is 6.35. The van der Waals surface area contributed by atoms with Crippen molar-refractivity contribution in [2.45, 2.75) is 38.6 Å². The molecule has 20 heavy (non-hydrogen) atoms. The largest absolute Gasteiger partial charge is 0.314 e. The lowest BCUT2D eigenvalue weighted by Gasteiger charge is -2.35. The minimum absolute atomic E-state index is 0.424. The summed E-state index contributed by atoms with van der Waals surface area (Å²) in [5, 5.41) is 4.93. The summed E-state index contributed by atoms with van der Waals surface area (Å²) in [6.45, 7) is 6.56. The van der Waals surface area contributed by atoms with Crippen molar-refractivity contribution < 1.29 is 0 Å². The number of nitrogens with zero attached hydrogens (tertiary/aromatic N) is 1. The molecule has 0 amide bonds. The number of rotatable bonds is 6. The summed E-state index contributed by atoms with van der Waals surface area (Å²) in [4.78, 5) is 2.56. The SMILES string of the molecule is CCCCC[C@@H](c1ccc(Cl)cc1Cl)N1CCNCC1. The van der Waals surface area contributed by atoms with Gasteiger partial charge in [0.1, 0.15) is 0 Å². The number of hydrogen-bond acceptors (Lipinski definition) is 2. The van der Waals surface area contributed by atoms with Crippen LogP contribution in [0.2, 0.25) is 10.0 Å². The molecule has 0 bridgehead atoms. The van der Waals surface area contributed by atoms with E-state index in [0.29, 0.717) is 11.1 Å². The van der Waals surface area contributed by atoms with Crippen molar-refractivity contribution in [2.75, 3.05) is 26.2 Å². The van der Waals surface area contributed by atoms with E-state index in [4.69, 9.17) is 23.2 Å². The Morgan fingerprint density at radius 1 is 1.20 bits per heavy atom. The van der Waals surface area contributed by atoms with Crippen LogP contribution in [0.5, 0.6) is 0 Å². The zero-order valence-corrected chi connectivity index (χ0v) is 13.7. The predicted molar refractivity (Wildman–Crippen MR) is 87.8 cm³/mol. The lowest BCUT2D eigenvalue weighted by molar-refractivity contribution is 0.163. The van der Waals surface area contributed by atoms with E-state index in [1.54, 1.807) is 0 Å². The van der Waals surface area contributed by atoms with Crippen molar-refractivity contribution in [1.29, 1.82) is 0 Å². The molecule has 2 nitrogen and oxygen atoms in total. The highest BCUT2D eigenvalue weighted by Crippen LogP contribution is 2.33. The van der Waals surface area contributed by atoms with E-state index in [2.05, 4.69) is 23.2 Å². The molecular weight excluding hydrogens is 291 g/mol. The fourth-order valence-corrected chi connectivity index (χ4v) is 3.42. The Labute approximate surface area is 132 Å². The van der Waals surface area contributed by atoms with Crippen LogP contribution in [0.25, 0.3) is 0 Å². The zero-order valence-electron chi connectivity index (χ0n) is 12.2. The second-order valence-electron chi connectivity index (χ2n) is 5.46. The van der Waals surface area contributed by atoms with Crippen LogP contribution in [0.3, 0.4) is 0 Å². The fraction of sp³-hybridized carbons (Fsp3) is 0.625. The summed E-state index contributed by atoms with van der Waals surface area (Å²) < 4.78 is 0. The molecule has 4 heteroatoms. The second kappa shape index (κ2) is 8.23. The first-order valence-corrected chi connectivity index (χ1v) is 8.37. The highest BCUT2D eigenvalue weighted by atomic mass is 35.5. The van der Waals surface area contributed by atoms with E-state index in [1.807, 2.05) is 12.1 Å². The molecule has 0 spiro atoms. The van der Waals surface area contributed by atoms with E-state index in [9.17, 15) is 0 Å². The highest BCUT2D eigenvalue weighted by molar-refractivity contribution is 6.35. The van der Waals surface area contributed by atoms with Crippen molar-refractivity contribution in [3.05, 3.63) is 33.8 Å². The minimum atomic E-state index is 0.424. The van der Waals surface area contributed by atoms with Crippen molar-refractivity contribution in [1.82, 2.24) is 10.2 Å². The number of unbranched alkanes of at least 4 members (excludes halogenated alkanes) is 2. The first-order valence-electron chi connectivity index (χ1n) is 7.62. The van der Waals surface area contributed by atoms with Gasteiger partial charge in [0.15, 0.2) is 0 Å². The highest BCUT2D eigenvalue weighted by Gasteiger charge is 2.23. The van der Waals surface area contributed by atoms with Gasteiger partial charge in [-0.1, -0.05) is 55.5 Å². The van der Waals surface area contributed by atoms with Crippen molar-refractivity contribution in [3.63, 3.8) is 0 Å². The van der Waals surface area contributed by atoms with Gasteiger partial charge >= 0.3 is 0 Å². The number of piperazine rings is 1. The Morgan fingerprint density at radius 2 is 1.95 bits per heavy atom.